The fourth-order valence-electron chi connectivity index (χ4n) is 4.74. The first-order valence-corrected chi connectivity index (χ1v) is 14.2. The van der Waals surface area contributed by atoms with Crippen molar-refractivity contribution in [2.45, 2.75) is 63.0 Å². The molecule has 2 heterocycles. The molecule has 0 aliphatic carbocycles. The Morgan fingerprint density at radius 2 is 1.89 bits per heavy atom. The number of halogens is 2. The van der Waals surface area contributed by atoms with Gasteiger partial charge in [0, 0.05) is 37.1 Å². The lowest BCUT2D eigenvalue weighted by molar-refractivity contribution is -0.384. The van der Waals surface area contributed by atoms with Gasteiger partial charge in [0.05, 0.1) is 11.0 Å². The maximum Gasteiger partial charge on any atom is 0.515 e. The van der Waals surface area contributed by atoms with Crippen LogP contribution in [0.3, 0.4) is 0 Å². The van der Waals surface area contributed by atoms with Crippen molar-refractivity contribution >= 4 is 23.6 Å². The number of benzene rings is 2. The predicted molar refractivity (Wildman–Crippen MR) is 154 cm³/mol. The summed E-state index contributed by atoms with van der Waals surface area (Å²) in [6.45, 7) is 0.278. The Morgan fingerprint density at radius 1 is 1.16 bits per heavy atom. The lowest BCUT2D eigenvalue weighted by Crippen LogP contribution is -2.43. The molecular formula is C29H34F2N6O7. The van der Waals surface area contributed by atoms with Crippen LogP contribution in [0.2, 0.25) is 0 Å². The molecule has 2 aromatic carbocycles. The van der Waals surface area contributed by atoms with Crippen LogP contribution in [0.4, 0.5) is 19.3 Å². The molecule has 0 unspecified atom stereocenters. The van der Waals surface area contributed by atoms with E-state index in [-0.39, 0.29) is 35.7 Å². The largest absolute Gasteiger partial charge is 0.515 e. The first kappa shape index (κ1) is 32.3. The number of likely N-dealkylation sites (tertiary alicyclic amines) is 1. The quantitative estimate of drug-likeness (QED) is 0.0656. The zero-order valence-corrected chi connectivity index (χ0v) is 23.8. The molecule has 1 saturated heterocycles. The molecule has 0 saturated carbocycles. The van der Waals surface area contributed by atoms with Crippen molar-refractivity contribution in [1.29, 1.82) is 0 Å². The second-order valence-electron chi connectivity index (χ2n) is 10.3. The highest BCUT2D eigenvalue weighted by Gasteiger charge is 2.39. The van der Waals surface area contributed by atoms with Gasteiger partial charge < -0.3 is 19.5 Å². The average Bonchev–Trinajstić information content (AvgIpc) is 3.62. The SMILES string of the molecule is O=C(OCN1NN=C(CCCCCCN2C(=O)CC[C@@H]2/C=C/[C@@H](O)C(F)(F)c2ccccc2)N1)Oc1ccc([N+](=O)[O-])cc1. The number of aliphatic hydroxyl groups excluding tert-OH is 1. The number of nitrogens with one attached hydrogen (secondary N) is 2. The molecule has 1 fully saturated rings. The molecule has 2 aromatic rings. The van der Waals surface area contributed by atoms with Crippen molar-refractivity contribution in [2.24, 2.45) is 5.10 Å². The molecule has 0 spiro atoms. The van der Waals surface area contributed by atoms with Gasteiger partial charge in [0.2, 0.25) is 5.91 Å². The monoisotopic (exact) mass is 616 g/mol. The van der Waals surface area contributed by atoms with Crippen LogP contribution in [0.1, 0.15) is 50.5 Å². The van der Waals surface area contributed by atoms with Gasteiger partial charge in [-0.2, -0.15) is 8.78 Å². The number of nitro benzene ring substituents is 1. The van der Waals surface area contributed by atoms with E-state index in [0.29, 0.717) is 31.6 Å². The summed E-state index contributed by atoms with van der Waals surface area (Å²) in [6, 6.07) is 11.8. The summed E-state index contributed by atoms with van der Waals surface area (Å²) in [5.41, 5.74) is 5.22. The summed E-state index contributed by atoms with van der Waals surface area (Å²) in [6.07, 6.45) is 4.35. The van der Waals surface area contributed by atoms with Crippen molar-refractivity contribution in [3.05, 3.63) is 82.4 Å². The predicted octanol–water partition coefficient (Wildman–Crippen LogP) is 4.36. The van der Waals surface area contributed by atoms with E-state index < -0.39 is 23.1 Å². The summed E-state index contributed by atoms with van der Waals surface area (Å²) in [4.78, 5) is 36.1. The number of unbranched alkanes of at least 4 members (excludes halogenated alkanes) is 3. The molecule has 2 aliphatic heterocycles. The fourth-order valence-corrected chi connectivity index (χ4v) is 4.74. The molecule has 15 heteroatoms. The fraction of sp³-hybridized carbons (Fsp3) is 0.414. The highest BCUT2D eigenvalue weighted by atomic mass is 19.3. The van der Waals surface area contributed by atoms with Gasteiger partial charge in [0.25, 0.3) is 5.69 Å². The number of hydrazine groups is 2. The second kappa shape index (κ2) is 15.2. The van der Waals surface area contributed by atoms with Gasteiger partial charge in [-0.1, -0.05) is 60.4 Å². The molecule has 0 radical (unpaired) electrons. The maximum atomic E-state index is 14.6. The summed E-state index contributed by atoms with van der Waals surface area (Å²) < 4.78 is 39.1. The number of alkyl halides is 2. The number of hydrogen-bond donors (Lipinski definition) is 3. The van der Waals surface area contributed by atoms with E-state index in [1.807, 2.05) is 0 Å². The molecule has 13 nitrogen and oxygen atoms in total. The van der Waals surface area contributed by atoms with Crippen molar-refractivity contribution in [3.8, 4) is 5.75 Å². The number of non-ortho nitro benzene ring substituents is 1. The van der Waals surface area contributed by atoms with Gasteiger partial charge in [0.15, 0.2) is 6.73 Å². The molecule has 2 aliphatic rings. The van der Waals surface area contributed by atoms with Crippen LogP contribution < -0.4 is 15.7 Å². The number of ether oxygens (including phenoxy) is 2. The van der Waals surface area contributed by atoms with Gasteiger partial charge in [-0.05, 0) is 31.4 Å². The number of rotatable bonds is 15. The zero-order chi connectivity index (χ0) is 31.5. The maximum absolute atomic E-state index is 14.6. The van der Waals surface area contributed by atoms with Gasteiger partial charge in [-0.25, -0.2) is 10.3 Å². The number of carbonyl (C=O) groups excluding carboxylic acids is 2. The number of amides is 1. The van der Waals surface area contributed by atoms with E-state index in [4.69, 9.17) is 9.47 Å². The number of carbonyl (C=O) groups is 2. The minimum absolute atomic E-state index is 0.0292. The Bertz CT molecular complexity index is 1340. The Labute approximate surface area is 252 Å². The minimum Gasteiger partial charge on any atom is -0.414 e. The number of amidine groups is 1. The Kier molecular flexibility index (Phi) is 11.2. The summed E-state index contributed by atoms with van der Waals surface area (Å²) in [5, 5.41) is 26.3. The molecule has 3 N–H and O–H groups in total. The van der Waals surface area contributed by atoms with Crippen LogP contribution in [-0.2, 0) is 15.5 Å². The van der Waals surface area contributed by atoms with E-state index in [0.717, 1.165) is 31.8 Å². The molecule has 2 atom stereocenters. The van der Waals surface area contributed by atoms with Gasteiger partial charge in [-0.3, -0.25) is 20.3 Å². The third-order valence-corrected chi connectivity index (χ3v) is 7.11. The first-order chi connectivity index (χ1) is 21.1. The van der Waals surface area contributed by atoms with E-state index in [1.54, 1.807) is 11.0 Å². The summed E-state index contributed by atoms with van der Waals surface area (Å²) >= 11 is 0. The lowest BCUT2D eigenvalue weighted by atomic mass is 10.0. The van der Waals surface area contributed by atoms with Crippen LogP contribution >= 0.6 is 0 Å². The van der Waals surface area contributed by atoms with E-state index in [9.17, 15) is 33.6 Å². The minimum atomic E-state index is -3.44. The highest BCUT2D eigenvalue weighted by molar-refractivity contribution is 5.82. The van der Waals surface area contributed by atoms with Gasteiger partial charge in [0.1, 0.15) is 17.7 Å². The van der Waals surface area contributed by atoms with Crippen molar-refractivity contribution in [1.82, 2.24) is 21.0 Å². The smallest absolute Gasteiger partial charge is 0.414 e. The molecule has 44 heavy (non-hydrogen) atoms. The third kappa shape index (κ3) is 8.94. The van der Waals surface area contributed by atoms with E-state index >= 15 is 0 Å². The van der Waals surface area contributed by atoms with Crippen molar-refractivity contribution in [3.63, 3.8) is 0 Å². The second-order valence-corrected chi connectivity index (χ2v) is 10.3. The number of nitrogens with zero attached hydrogens (tertiary/aromatic N) is 4. The highest BCUT2D eigenvalue weighted by Crippen LogP contribution is 2.33. The lowest BCUT2D eigenvalue weighted by Gasteiger charge is -2.24. The van der Waals surface area contributed by atoms with Crippen molar-refractivity contribution in [2.75, 3.05) is 13.3 Å². The van der Waals surface area contributed by atoms with Crippen LogP contribution in [0.15, 0.2) is 71.9 Å². The van der Waals surface area contributed by atoms with Crippen LogP contribution in [0.25, 0.3) is 0 Å². The topological polar surface area (TPSA) is 159 Å². The van der Waals surface area contributed by atoms with Gasteiger partial charge in [-0.15, -0.1) is 5.10 Å². The molecule has 4 rings (SSSR count). The third-order valence-electron chi connectivity index (χ3n) is 7.11. The zero-order valence-electron chi connectivity index (χ0n) is 23.8. The van der Waals surface area contributed by atoms with E-state index in [1.165, 1.54) is 59.7 Å². The number of hydrazone groups is 1. The van der Waals surface area contributed by atoms with Crippen LogP contribution in [-0.4, -0.2) is 63.4 Å². The number of hydrogen-bond acceptors (Lipinski definition) is 11. The summed E-state index contributed by atoms with van der Waals surface area (Å²) in [5.74, 6) is -2.73. The molecule has 236 valence electrons. The van der Waals surface area contributed by atoms with Gasteiger partial charge >= 0.3 is 12.1 Å². The number of nitro groups is 1. The Hall–Kier alpha value is -4.63. The Balaban J connectivity index is 1.09. The molecular weight excluding hydrogens is 582 g/mol. The van der Waals surface area contributed by atoms with Crippen LogP contribution in [0.5, 0.6) is 5.75 Å². The van der Waals surface area contributed by atoms with Crippen LogP contribution in [0, 0.1) is 10.1 Å². The normalized spacial score (nSPS) is 17.7. The molecule has 0 aromatic heterocycles. The average molecular weight is 617 g/mol. The molecule has 1 amide bonds. The first-order valence-electron chi connectivity index (χ1n) is 14.2. The van der Waals surface area contributed by atoms with E-state index in [2.05, 4.69) is 16.1 Å². The Morgan fingerprint density at radius 3 is 2.61 bits per heavy atom. The molecule has 0 bridgehead atoms. The number of aliphatic hydroxyl groups is 1. The standard InChI is InChI=1S/C29H34F2N6O7/c30-29(31,21-8-4-3-5-9-21)25(38)17-13-22-14-18-27(39)35(22)19-7-2-1-6-10-26-32-34-36(33-26)20-43-28(40)44-24-15-11-23(12-16-24)37(41)42/h3-5,8-9,11-13,15-17,22,25,34,38H,1-2,6-7,10,14,18-20H2,(H,32,33)/b17-13+/t22-,25+/m0/s1. The van der Waals surface area contributed by atoms with Crippen molar-refractivity contribution < 1.29 is 37.9 Å². The summed E-state index contributed by atoms with van der Waals surface area (Å²) in [7, 11) is 0.